The van der Waals surface area contributed by atoms with Crippen LogP contribution in [-0.4, -0.2) is 0 Å². The Hall–Kier alpha value is -6.70. The van der Waals surface area contributed by atoms with Crippen molar-refractivity contribution in [2.24, 2.45) is 0 Å². The average molecular weight is 677 g/mol. The zero-order valence-corrected chi connectivity index (χ0v) is 25.4. The van der Waals surface area contributed by atoms with Crippen LogP contribution in [0.15, 0.2) is 186 Å². The van der Waals surface area contributed by atoms with Gasteiger partial charge in [-0.3, -0.25) is 0 Å². The van der Waals surface area contributed by atoms with Crippen molar-refractivity contribution in [2.75, 3.05) is 0 Å². The van der Waals surface area contributed by atoms with Gasteiger partial charge < -0.3 is 4.42 Å². The molecule has 51 heavy (non-hydrogen) atoms. The van der Waals surface area contributed by atoms with Gasteiger partial charge in [-0.15, -0.1) is 0 Å². The number of benzene rings is 10. The van der Waals surface area contributed by atoms with E-state index in [-0.39, 0.29) is 0 Å². The predicted octanol–water partition coefficient (Wildman–Crippen LogP) is 14.4. The van der Waals surface area contributed by atoms with E-state index in [1.165, 1.54) is 0 Å². The molecule has 0 aliphatic carbocycles. The van der Waals surface area contributed by atoms with Crippen LogP contribution in [0.4, 0.5) is 0 Å². The maximum Gasteiger partial charge on any atom is 0.136 e. The number of rotatable bonds is 3. The van der Waals surface area contributed by atoms with Gasteiger partial charge in [0.25, 0.3) is 0 Å². The van der Waals surface area contributed by atoms with Crippen molar-refractivity contribution in [3.05, 3.63) is 181 Å². The molecule has 1 aromatic heterocycles. The van der Waals surface area contributed by atoms with E-state index >= 15 is 0 Å². The second-order valence-corrected chi connectivity index (χ2v) is 11.3. The third kappa shape index (κ3) is 4.22. The standard InChI is InChI=1S/C50H30O/c1-3-14-37-31(11-1)13-9-21-40(37)48-43-18-7-5-16-41(43)47(42-17-6-8-19-44(42)48)36-26-24-33-29-35(25-23-34(33)30-36)39-20-10-22-45-50(39)49-38-15-4-2-12-32(38)27-28-46(49)51-45/h1-30H/i1D,2D,3D,4D,5D,6D,7D,8D,9D,10D,11D,12D,13D,14D,15D,16D,17D,18D,19D,20D,21D,22D,23D,24D,25D,26D,27D,28D,29D,30D. The smallest absolute Gasteiger partial charge is 0.136 e. The molecule has 0 unspecified atom stereocenters. The minimum Gasteiger partial charge on any atom is -0.456 e. The Morgan fingerprint density at radius 2 is 0.804 bits per heavy atom. The third-order valence-corrected chi connectivity index (χ3v) is 8.57. The quantitative estimate of drug-likeness (QED) is 0.170. The molecule has 1 heterocycles. The van der Waals surface area contributed by atoms with E-state index < -0.39 is 290 Å². The molecule has 0 N–H and O–H groups in total. The van der Waals surface area contributed by atoms with Gasteiger partial charge in [0.2, 0.25) is 0 Å². The van der Waals surface area contributed by atoms with Gasteiger partial charge in [0, 0.05) is 10.8 Å². The Morgan fingerprint density at radius 3 is 1.53 bits per heavy atom. The van der Waals surface area contributed by atoms with Gasteiger partial charge in [-0.2, -0.15) is 0 Å². The lowest BCUT2D eigenvalue weighted by molar-refractivity contribution is 0.669. The number of hydrogen-bond donors (Lipinski definition) is 0. The van der Waals surface area contributed by atoms with Crippen molar-refractivity contribution in [2.45, 2.75) is 0 Å². The minimum absolute atomic E-state index is 0.406. The molecular weight excluding hydrogens is 617 g/mol. The summed E-state index contributed by atoms with van der Waals surface area (Å²) in [7, 11) is 0. The summed E-state index contributed by atoms with van der Waals surface area (Å²) < 4.78 is 278. The number of fused-ring (bicyclic) bond motifs is 9. The second kappa shape index (κ2) is 10.9. The van der Waals surface area contributed by atoms with E-state index in [9.17, 15) is 16.4 Å². The summed E-state index contributed by atoms with van der Waals surface area (Å²) >= 11 is 0. The summed E-state index contributed by atoms with van der Waals surface area (Å²) in [5.74, 6) is 0. The highest BCUT2D eigenvalue weighted by atomic mass is 16.3. The van der Waals surface area contributed by atoms with Crippen LogP contribution in [0, 0.1) is 0 Å². The first-order valence-corrected chi connectivity index (χ1v) is 15.2. The Bertz CT molecular complexity index is 4840. The van der Waals surface area contributed by atoms with Crippen molar-refractivity contribution < 1.29 is 45.5 Å². The first-order valence-electron chi connectivity index (χ1n) is 30.2. The molecule has 1 nitrogen and oxygen atoms in total. The molecule has 0 bridgehead atoms. The van der Waals surface area contributed by atoms with E-state index in [1.807, 2.05) is 0 Å². The molecule has 0 atom stereocenters. The molecule has 11 rings (SSSR count). The minimum atomic E-state index is -1.11. The van der Waals surface area contributed by atoms with Crippen LogP contribution in [0.1, 0.15) is 41.1 Å². The monoisotopic (exact) mass is 676 g/mol. The van der Waals surface area contributed by atoms with E-state index in [1.54, 1.807) is 0 Å². The highest BCUT2D eigenvalue weighted by molar-refractivity contribution is 6.25. The lowest BCUT2D eigenvalue weighted by Gasteiger charge is -2.19. The van der Waals surface area contributed by atoms with Crippen molar-refractivity contribution in [1.29, 1.82) is 0 Å². The Morgan fingerprint density at radius 1 is 0.314 bits per heavy atom. The molecule has 0 saturated carbocycles. The molecule has 0 radical (unpaired) electrons. The van der Waals surface area contributed by atoms with Crippen LogP contribution in [0.3, 0.4) is 0 Å². The molecule has 0 aliphatic heterocycles. The van der Waals surface area contributed by atoms with Gasteiger partial charge in [0.15, 0.2) is 0 Å². The summed E-state index contributed by atoms with van der Waals surface area (Å²) in [5.41, 5.74) is -5.72. The van der Waals surface area contributed by atoms with Crippen molar-refractivity contribution in [1.82, 2.24) is 0 Å². The first-order chi connectivity index (χ1) is 37.8. The Labute approximate surface area is 336 Å². The fourth-order valence-corrected chi connectivity index (χ4v) is 6.45. The van der Waals surface area contributed by atoms with E-state index in [0.717, 1.165) is 0 Å². The molecule has 236 valence electrons. The van der Waals surface area contributed by atoms with Gasteiger partial charge in [0.1, 0.15) is 11.2 Å². The van der Waals surface area contributed by atoms with Crippen molar-refractivity contribution >= 4 is 75.8 Å². The van der Waals surface area contributed by atoms with Crippen LogP contribution in [0.5, 0.6) is 0 Å². The summed E-state index contributed by atoms with van der Waals surface area (Å²) in [6, 6.07) is -28.1. The summed E-state index contributed by atoms with van der Waals surface area (Å²) in [5, 5.41) is -7.75. The second-order valence-electron chi connectivity index (χ2n) is 11.3. The molecule has 10 aromatic carbocycles. The summed E-state index contributed by atoms with van der Waals surface area (Å²) in [6.07, 6.45) is 0. The SMILES string of the molecule is [2H]c1c([2H])c(-c2c([2H])c([2H])c3c([2H])c(-c4c5c([2H])c([2H])c([2H])c([2H])c5c(-c5c([2H])c([2H])c([2H])c6c([2H])c([2H])c([2H])c([2H])c56)c5c([2H])c([2H])c([2H])c([2H])c45)c([2H])c([2H])c3c2[2H])c2c(oc3c([2H])c([2H])c4c([2H])c([2H])c([2H])c([2H])c4c32)c1[2H]. The van der Waals surface area contributed by atoms with Gasteiger partial charge in [-0.1, -0.05) is 157 Å². The van der Waals surface area contributed by atoms with Crippen LogP contribution < -0.4 is 0 Å². The van der Waals surface area contributed by atoms with Gasteiger partial charge in [-0.05, 0) is 111 Å². The van der Waals surface area contributed by atoms with Crippen molar-refractivity contribution in [3.8, 4) is 33.4 Å². The van der Waals surface area contributed by atoms with Crippen LogP contribution >= 0.6 is 0 Å². The van der Waals surface area contributed by atoms with Gasteiger partial charge >= 0.3 is 0 Å². The van der Waals surface area contributed by atoms with E-state index in [0.29, 0.717) is 0 Å². The first kappa shape index (κ1) is 11.7. The van der Waals surface area contributed by atoms with E-state index in [2.05, 4.69) is 0 Å². The van der Waals surface area contributed by atoms with Crippen molar-refractivity contribution in [3.63, 3.8) is 0 Å². The van der Waals surface area contributed by atoms with Gasteiger partial charge in [-0.25, -0.2) is 0 Å². The fraction of sp³-hybridized carbons (Fsp3) is 0. The highest BCUT2D eigenvalue weighted by Crippen LogP contribution is 2.46. The van der Waals surface area contributed by atoms with Gasteiger partial charge in [0.05, 0.1) is 41.1 Å². The number of hydrogen-bond acceptors (Lipinski definition) is 1. The van der Waals surface area contributed by atoms with E-state index in [4.69, 9.17) is 29.1 Å². The third-order valence-electron chi connectivity index (χ3n) is 8.57. The maximum atomic E-state index is 9.90. The Balaban J connectivity index is 1.37. The van der Waals surface area contributed by atoms with Crippen LogP contribution in [0.25, 0.3) is 109 Å². The molecule has 11 aromatic rings. The molecular formula is C50H30O. The molecule has 0 saturated heterocycles. The molecule has 0 fully saturated rings. The normalized spacial score (nSPS) is 20.2. The Kier molecular flexibility index (Phi) is 2.50. The van der Waals surface area contributed by atoms with Crippen LogP contribution in [0.2, 0.25) is 0 Å². The maximum absolute atomic E-state index is 9.90. The zero-order chi connectivity index (χ0) is 59.6. The lowest BCUT2D eigenvalue weighted by Crippen LogP contribution is -1.91. The molecule has 0 amide bonds. The lowest BCUT2D eigenvalue weighted by atomic mass is 9.84. The van der Waals surface area contributed by atoms with Crippen LogP contribution in [-0.2, 0) is 0 Å². The highest BCUT2D eigenvalue weighted by Gasteiger charge is 2.19. The molecule has 0 spiro atoms. The average Bonchev–Trinajstić information content (AvgIpc) is 3.36. The topological polar surface area (TPSA) is 13.1 Å². The number of furan rings is 1. The fourth-order valence-electron chi connectivity index (χ4n) is 6.45. The largest absolute Gasteiger partial charge is 0.456 e. The molecule has 1 heteroatoms. The molecule has 0 aliphatic rings. The zero-order valence-electron chi connectivity index (χ0n) is 55.4. The summed E-state index contributed by atoms with van der Waals surface area (Å²) in [6.45, 7) is 0. The predicted molar refractivity (Wildman–Crippen MR) is 218 cm³/mol. The summed E-state index contributed by atoms with van der Waals surface area (Å²) in [4.78, 5) is 0.